The van der Waals surface area contributed by atoms with E-state index in [1.54, 1.807) is 0 Å². The Morgan fingerprint density at radius 2 is 2.00 bits per heavy atom. The lowest BCUT2D eigenvalue weighted by Gasteiger charge is -2.07. The molecule has 1 aromatic carbocycles. The maximum absolute atomic E-state index is 3.53. The fourth-order valence-electron chi connectivity index (χ4n) is 1.98. The Balaban J connectivity index is 2.40. The summed E-state index contributed by atoms with van der Waals surface area (Å²) >= 11 is 1.93. The van der Waals surface area contributed by atoms with Crippen LogP contribution in [0.15, 0.2) is 23.9 Å². The van der Waals surface area contributed by atoms with E-state index in [1.807, 2.05) is 11.8 Å². The van der Waals surface area contributed by atoms with E-state index in [9.17, 15) is 0 Å². The Labute approximate surface area is 102 Å². The molecule has 16 heavy (non-hydrogen) atoms. The van der Waals surface area contributed by atoms with Gasteiger partial charge in [0.05, 0.1) is 5.37 Å². The maximum Gasteiger partial charge on any atom is 0.0739 e. The van der Waals surface area contributed by atoms with Gasteiger partial charge in [-0.2, -0.15) is 0 Å². The summed E-state index contributed by atoms with van der Waals surface area (Å²) in [6, 6.07) is 6.75. The van der Waals surface area contributed by atoms with Gasteiger partial charge in [0.1, 0.15) is 0 Å². The summed E-state index contributed by atoms with van der Waals surface area (Å²) in [5.41, 5.74) is 5.49. The van der Waals surface area contributed by atoms with Crippen LogP contribution >= 0.6 is 11.8 Å². The number of thioether (sulfide) groups is 1. The van der Waals surface area contributed by atoms with Crippen LogP contribution in [0, 0.1) is 13.8 Å². The summed E-state index contributed by atoms with van der Waals surface area (Å²) in [7, 11) is 0. The van der Waals surface area contributed by atoms with Gasteiger partial charge in [0.2, 0.25) is 0 Å². The highest BCUT2D eigenvalue weighted by Crippen LogP contribution is 2.39. The van der Waals surface area contributed by atoms with E-state index < -0.39 is 0 Å². The molecule has 2 rings (SSSR count). The summed E-state index contributed by atoms with van der Waals surface area (Å²) in [4.78, 5) is 1.43. The highest BCUT2D eigenvalue weighted by atomic mass is 32.2. The number of nitrogens with one attached hydrogen (secondary N) is 1. The molecular formula is C14H19NS. The first-order chi connectivity index (χ1) is 7.61. The van der Waals surface area contributed by atoms with E-state index in [0.717, 1.165) is 6.42 Å². The van der Waals surface area contributed by atoms with E-state index in [2.05, 4.69) is 51.2 Å². The summed E-state index contributed by atoms with van der Waals surface area (Å²) < 4.78 is 0. The van der Waals surface area contributed by atoms with Gasteiger partial charge in [0, 0.05) is 10.6 Å². The molecule has 1 aliphatic heterocycles. The van der Waals surface area contributed by atoms with Crippen LogP contribution in [0.3, 0.4) is 0 Å². The zero-order valence-electron chi connectivity index (χ0n) is 10.4. The molecule has 1 aliphatic rings. The van der Waals surface area contributed by atoms with Crippen molar-refractivity contribution >= 4 is 16.7 Å². The lowest BCUT2D eigenvalue weighted by molar-refractivity contribution is 0.785. The number of aryl methyl sites for hydroxylation is 2. The van der Waals surface area contributed by atoms with Gasteiger partial charge < -0.3 is 5.32 Å². The maximum atomic E-state index is 3.53. The molecule has 1 heterocycles. The van der Waals surface area contributed by atoms with Gasteiger partial charge in [-0.25, -0.2) is 0 Å². The van der Waals surface area contributed by atoms with Crippen LogP contribution < -0.4 is 5.32 Å². The van der Waals surface area contributed by atoms with Crippen molar-refractivity contribution < 1.29 is 0 Å². The van der Waals surface area contributed by atoms with Crippen LogP contribution in [0.25, 0.3) is 4.91 Å². The lowest BCUT2D eigenvalue weighted by atomic mass is 10.1. The van der Waals surface area contributed by atoms with Crippen molar-refractivity contribution in [3.05, 3.63) is 40.6 Å². The van der Waals surface area contributed by atoms with Gasteiger partial charge in [-0.3, -0.25) is 0 Å². The second kappa shape index (κ2) is 4.54. The highest BCUT2D eigenvalue weighted by molar-refractivity contribution is 8.09. The minimum atomic E-state index is 0.506. The molecule has 1 atom stereocenters. The quantitative estimate of drug-likeness (QED) is 0.826. The molecule has 1 aromatic rings. The van der Waals surface area contributed by atoms with Crippen LogP contribution in [-0.4, -0.2) is 5.37 Å². The smallest absolute Gasteiger partial charge is 0.0739 e. The third-order valence-corrected chi connectivity index (χ3v) is 4.26. The zero-order valence-corrected chi connectivity index (χ0v) is 11.2. The van der Waals surface area contributed by atoms with E-state index in [0.29, 0.717) is 5.37 Å². The van der Waals surface area contributed by atoms with Crippen molar-refractivity contribution in [3.63, 3.8) is 0 Å². The van der Waals surface area contributed by atoms with Gasteiger partial charge in [0.25, 0.3) is 0 Å². The summed E-state index contributed by atoms with van der Waals surface area (Å²) in [5.74, 6) is 0. The molecule has 0 fully saturated rings. The second-order valence-corrected chi connectivity index (χ2v) is 5.72. The van der Waals surface area contributed by atoms with Gasteiger partial charge in [-0.05, 0) is 43.9 Å². The van der Waals surface area contributed by atoms with Crippen molar-refractivity contribution in [3.8, 4) is 0 Å². The number of hydrogen-bond donors (Lipinski definition) is 1. The van der Waals surface area contributed by atoms with Gasteiger partial charge in [-0.15, -0.1) is 0 Å². The monoisotopic (exact) mass is 233 g/mol. The molecule has 0 saturated heterocycles. The first kappa shape index (κ1) is 11.6. The van der Waals surface area contributed by atoms with E-state index in [-0.39, 0.29) is 0 Å². The van der Waals surface area contributed by atoms with Crippen molar-refractivity contribution in [2.45, 2.75) is 39.5 Å². The Kier molecular flexibility index (Phi) is 3.29. The molecule has 1 nitrogen and oxygen atoms in total. The third-order valence-electron chi connectivity index (χ3n) is 3.07. The van der Waals surface area contributed by atoms with Crippen LogP contribution in [0.5, 0.6) is 0 Å². The molecule has 0 amide bonds. The van der Waals surface area contributed by atoms with Crippen molar-refractivity contribution in [1.29, 1.82) is 0 Å². The molecule has 0 aliphatic carbocycles. The zero-order chi connectivity index (χ0) is 11.7. The molecule has 2 heteroatoms. The Morgan fingerprint density at radius 1 is 1.25 bits per heavy atom. The predicted octanol–water partition coefficient (Wildman–Crippen LogP) is 4.06. The summed E-state index contributed by atoms with van der Waals surface area (Å²) in [5, 5.41) is 4.03. The van der Waals surface area contributed by atoms with Crippen LogP contribution in [-0.2, 0) is 0 Å². The number of allylic oxidation sites excluding steroid dienone is 1. The molecule has 1 unspecified atom stereocenters. The topological polar surface area (TPSA) is 12.0 Å². The van der Waals surface area contributed by atoms with Gasteiger partial charge >= 0.3 is 0 Å². The number of hydrogen-bond acceptors (Lipinski definition) is 2. The Morgan fingerprint density at radius 3 is 2.62 bits per heavy atom. The largest absolute Gasteiger partial charge is 0.376 e. The molecule has 0 saturated carbocycles. The summed E-state index contributed by atoms with van der Waals surface area (Å²) in [6.45, 7) is 8.77. The average molecular weight is 233 g/mol. The molecule has 0 spiro atoms. The fraction of sp³-hybridized carbons (Fsp3) is 0.429. The predicted molar refractivity (Wildman–Crippen MR) is 73.3 cm³/mol. The van der Waals surface area contributed by atoms with Crippen molar-refractivity contribution in [2.75, 3.05) is 0 Å². The SMILES string of the molecule is CCC1=C(c2ccc(C)c(C)c2)SC(C)N1. The van der Waals surface area contributed by atoms with E-state index in [4.69, 9.17) is 0 Å². The highest BCUT2D eigenvalue weighted by Gasteiger charge is 2.20. The second-order valence-electron chi connectivity index (χ2n) is 4.36. The normalized spacial score (nSPS) is 20.1. The minimum absolute atomic E-state index is 0.506. The molecule has 0 bridgehead atoms. The third kappa shape index (κ3) is 2.12. The van der Waals surface area contributed by atoms with Gasteiger partial charge in [0.15, 0.2) is 0 Å². The van der Waals surface area contributed by atoms with Crippen LogP contribution in [0.2, 0.25) is 0 Å². The fourth-order valence-corrected chi connectivity index (χ4v) is 3.14. The summed E-state index contributed by atoms with van der Waals surface area (Å²) in [6.07, 6.45) is 1.08. The molecular weight excluding hydrogens is 214 g/mol. The average Bonchev–Trinajstić information content (AvgIpc) is 2.63. The minimum Gasteiger partial charge on any atom is -0.376 e. The van der Waals surface area contributed by atoms with E-state index in [1.165, 1.54) is 27.3 Å². The molecule has 0 aromatic heterocycles. The Hall–Kier alpha value is -0.890. The van der Waals surface area contributed by atoms with Crippen molar-refractivity contribution in [1.82, 2.24) is 5.32 Å². The first-order valence-corrected chi connectivity index (χ1v) is 6.73. The van der Waals surface area contributed by atoms with Crippen LogP contribution in [0.4, 0.5) is 0 Å². The molecule has 1 N–H and O–H groups in total. The first-order valence-electron chi connectivity index (χ1n) is 5.85. The molecule has 86 valence electrons. The van der Waals surface area contributed by atoms with Gasteiger partial charge in [-0.1, -0.05) is 36.9 Å². The van der Waals surface area contributed by atoms with E-state index >= 15 is 0 Å². The lowest BCUT2D eigenvalue weighted by Crippen LogP contribution is -2.15. The Bertz CT molecular complexity index is 434. The number of benzene rings is 1. The number of rotatable bonds is 2. The standard InChI is InChI=1S/C14H19NS/c1-5-13-14(16-11(4)15-13)12-7-6-9(2)10(3)8-12/h6-8,11,15H,5H2,1-4H3. The van der Waals surface area contributed by atoms with Crippen LogP contribution in [0.1, 0.15) is 37.0 Å². The van der Waals surface area contributed by atoms with Crippen molar-refractivity contribution in [2.24, 2.45) is 0 Å². The molecule has 0 radical (unpaired) electrons.